The van der Waals surface area contributed by atoms with Crippen molar-refractivity contribution in [2.45, 2.75) is 13.8 Å². The van der Waals surface area contributed by atoms with Crippen molar-refractivity contribution in [3.8, 4) is 0 Å². The van der Waals surface area contributed by atoms with Gasteiger partial charge in [-0.25, -0.2) is 0 Å². The molecule has 0 saturated carbocycles. The molecule has 1 aromatic heterocycles. The van der Waals surface area contributed by atoms with Crippen LogP contribution in [0.25, 0.3) is 6.08 Å². The molecular formula is C11H14N2O. The lowest BCUT2D eigenvalue weighted by Gasteiger charge is -1.98. The Balaban J connectivity index is 2.52. The molecule has 1 rings (SSSR count). The molecule has 14 heavy (non-hydrogen) atoms. The van der Waals surface area contributed by atoms with E-state index >= 15 is 0 Å². The van der Waals surface area contributed by atoms with Crippen LogP contribution in [0, 0.1) is 6.92 Å². The van der Waals surface area contributed by atoms with Crippen molar-refractivity contribution in [2.24, 2.45) is 0 Å². The second-order valence-corrected chi connectivity index (χ2v) is 3.02. The number of hydrogen-bond donors (Lipinski definition) is 1. The highest BCUT2D eigenvalue weighted by Crippen LogP contribution is 2.04. The number of rotatable bonds is 3. The second kappa shape index (κ2) is 5.17. The second-order valence-electron chi connectivity index (χ2n) is 3.02. The van der Waals surface area contributed by atoms with Gasteiger partial charge < -0.3 is 5.32 Å². The number of aromatic nitrogens is 1. The van der Waals surface area contributed by atoms with Crippen molar-refractivity contribution in [1.82, 2.24) is 10.3 Å². The molecule has 1 N–H and O–H groups in total. The number of pyridine rings is 1. The average molecular weight is 190 g/mol. The van der Waals surface area contributed by atoms with Crippen molar-refractivity contribution in [3.05, 3.63) is 35.7 Å². The summed E-state index contributed by atoms with van der Waals surface area (Å²) in [7, 11) is 0. The minimum Gasteiger partial charge on any atom is -0.353 e. The summed E-state index contributed by atoms with van der Waals surface area (Å²) in [5.74, 6) is -0.0161. The Morgan fingerprint density at radius 1 is 1.64 bits per heavy atom. The van der Waals surface area contributed by atoms with Crippen LogP contribution in [0.1, 0.15) is 18.2 Å². The summed E-state index contributed by atoms with van der Waals surface area (Å²) in [6, 6.07) is 3.89. The highest BCUT2D eigenvalue weighted by atomic mass is 16.1. The largest absolute Gasteiger partial charge is 0.353 e. The number of carbonyl (C=O) groups is 1. The summed E-state index contributed by atoms with van der Waals surface area (Å²) in [6.07, 6.45) is 5.63. The highest BCUT2D eigenvalue weighted by Gasteiger charge is 1.91. The topological polar surface area (TPSA) is 42.0 Å². The maximum Gasteiger partial charge on any atom is 0.217 e. The van der Waals surface area contributed by atoms with Crippen molar-refractivity contribution in [2.75, 3.05) is 6.54 Å². The molecule has 0 fully saturated rings. The molecule has 1 amide bonds. The Kier molecular flexibility index (Phi) is 3.85. The Morgan fingerprint density at radius 2 is 2.43 bits per heavy atom. The van der Waals surface area contributed by atoms with Crippen LogP contribution in [0.15, 0.2) is 24.4 Å². The van der Waals surface area contributed by atoms with Gasteiger partial charge >= 0.3 is 0 Å². The van der Waals surface area contributed by atoms with E-state index in [1.807, 2.05) is 31.2 Å². The molecule has 0 aromatic carbocycles. The van der Waals surface area contributed by atoms with Crippen LogP contribution in [0.4, 0.5) is 0 Å². The third kappa shape index (κ3) is 3.39. The number of nitrogens with zero attached hydrogens (tertiary/aromatic N) is 1. The highest BCUT2D eigenvalue weighted by molar-refractivity contribution is 5.73. The van der Waals surface area contributed by atoms with Crippen molar-refractivity contribution >= 4 is 12.0 Å². The number of amides is 1. The Morgan fingerprint density at radius 3 is 3.07 bits per heavy atom. The van der Waals surface area contributed by atoms with E-state index in [9.17, 15) is 4.79 Å². The molecule has 0 saturated heterocycles. The normalized spacial score (nSPS) is 10.4. The van der Waals surface area contributed by atoms with E-state index in [4.69, 9.17) is 0 Å². The lowest BCUT2D eigenvalue weighted by atomic mass is 10.2. The van der Waals surface area contributed by atoms with Crippen LogP contribution in [0.3, 0.4) is 0 Å². The van der Waals surface area contributed by atoms with Crippen molar-refractivity contribution < 1.29 is 4.79 Å². The van der Waals surface area contributed by atoms with E-state index < -0.39 is 0 Å². The molecule has 0 atom stereocenters. The summed E-state index contributed by atoms with van der Waals surface area (Å²) in [4.78, 5) is 14.7. The molecule has 1 aromatic rings. The van der Waals surface area contributed by atoms with Gasteiger partial charge in [-0.3, -0.25) is 9.78 Å². The summed E-state index contributed by atoms with van der Waals surface area (Å²) in [6.45, 7) is 4.02. The minimum absolute atomic E-state index is 0.0161. The van der Waals surface area contributed by atoms with Gasteiger partial charge in [0.1, 0.15) is 0 Å². The monoisotopic (exact) mass is 190 g/mol. The summed E-state index contributed by atoms with van der Waals surface area (Å²) in [5, 5.41) is 2.69. The predicted molar refractivity (Wildman–Crippen MR) is 56.7 cm³/mol. The number of carbonyl (C=O) groups excluding carboxylic acids is 1. The van der Waals surface area contributed by atoms with E-state index in [0.717, 1.165) is 11.3 Å². The first kappa shape index (κ1) is 10.4. The van der Waals surface area contributed by atoms with Gasteiger partial charge in [-0.2, -0.15) is 0 Å². The molecule has 0 spiro atoms. The quantitative estimate of drug-likeness (QED) is 0.785. The van der Waals surface area contributed by atoms with Gasteiger partial charge in [0.25, 0.3) is 0 Å². The molecule has 3 heteroatoms. The van der Waals surface area contributed by atoms with E-state index in [2.05, 4.69) is 10.3 Å². The zero-order valence-corrected chi connectivity index (χ0v) is 8.45. The zero-order valence-electron chi connectivity index (χ0n) is 8.45. The Labute approximate surface area is 83.9 Å². The summed E-state index contributed by atoms with van der Waals surface area (Å²) < 4.78 is 0. The minimum atomic E-state index is -0.0161. The van der Waals surface area contributed by atoms with Crippen LogP contribution in [0.5, 0.6) is 0 Å². The van der Waals surface area contributed by atoms with E-state index in [0.29, 0.717) is 6.54 Å². The predicted octanol–water partition coefficient (Wildman–Crippen LogP) is 1.54. The number of aryl methyl sites for hydroxylation is 1. The number of nitrogens with one attached hydrogen (secondary N) is 1. The molecular weight excluding hydrogens is 176 g/mol. The molecule has 0 aliphatic heterocycles. The summed E-state index contributed by atoms with van der Waals surface area (Å²) >= 11 is 0. The van der Waals surface area contributed by atoms with Gasteiger partial charge in [0.15, 0.2) is 0 Å². The van der Waals surface area contributed by atoms with Crippen molar-refractivity contribution in [3.63, 3.8) is 0 Å². The molecule has 1 heterocycles. The van der Waals surface area contributed by atoms with Gasteiger partial charge in [-0.15, -0.1) is 0 Å². The maximum atomic E-state index is 10.6. The SMILES string of the molecule is CC(=O)NCC=Cc1cccnc1C. The zero-order chi connectivity index (χ0) is 10.4. The fraction of sp³-hybridized carbons (Fsp3) is 0.273. The fourth-order valence-corrected chi connectivity index (χ4v) is 1.06. The Bertz CT molecular complexity index is 345. The van der Waals surface area contributed by atoms with Crippen LogP contribution >= 0.6 is 0 Å². The van der Waals surface area contributed by atoms with Crippen LogP contribution in [-0.2, 0) is 4.79 Å². The summed E-state index contributed by atoms with van der Waals surface area (Å²) in [5.41, 5.74) is 2.07. The van der Waals surface area contributed by atoms with Gasteiger partial charge in [0.2, 0.25) is 5.91 Å². The van der Waals surface area contributed by atoms with Gasteiger partial charge in [-0.1, -0.05) is 18.2 Å². The Hall–Kier alpha value is -1.64. The van der Waals surface area contributed by atoms with Crippen molar-refractivity contribution in [1.29, 1.82) is 0 Å². The maximum absolute atomic E-state index is 10.6. The van der Waals surface area contributed by atoms with Gasteiger partial charge in [-0.05, 0) is 18.6 Å². The van der Waals surface area contributed by atoms with Crippen LogP contribution < -0.4 is 5.32 Å². The lowest BCUT2D eigenvalue weighted by Crippen LogP contribution is -2.19. The average Bonchev–Trinajstić information content (AvgIpc) is 2.15. The smallest absolute Gasteiger partial charge is 0.217 e. The first-order valence-electron chi connectivity index (χ1n) is 4.53. The van der Waals surface area contributed by atoms with Crippen LogP contribution in [0.2, 0.25) is 0 Å². The van der Waals surface area contributed by atoms with Crippen LogP contribution in [-0.4, -0.2) is 17.4 Å². The van der Waals surface area contributed by atoms with Gasteiger partial charge in [0.05, 0.1) is 0 Å². The number of hydrogen-bond acceptors (Lipinski definition) is 2. The van der Waals surface area contributed by atoms with E-state index in [1.165, 1.54) is 6.92 Å². The molecule has 74 valence electrons. The third-order valence-electron chi connectivity index (χ3n) is 1.81. The molecule has 0 radical (unpaired) electrons. The van der Waals surface area contributed by atoms with E-state index in [-0.39, 0.29) is 5.91 Å². The lowest BCUT2D eigenvalue weighted by molar-refractivity contribution is -0.118. The molecule has 3 nitrogen and oxygen atoms in total. The molecule has 0 unspecified atom stereocenters. The standard InChI is InChI=1S/C11H14N2O/c1-9-11(5-3-7-12-9)6-4-8-13-10(2)14/h3-7H,8H2,1-2H3,(H,13,14). The van der Waals surface area contributed by atoms with E-state index in [1.54, 1.807) is 6.20 Å². The molecule has 0 bridgehead atoms. The first-order chi connectivity index (χ1) is 6.70. The van der Waals surface area contributed by atoms with Gasteiger partial charge in [0, 0.05) is 25.4 Å². The molecule has 0 aliphatic rings. The third-order valence-corrected chi connectivity index (χ3v) is 1.81. The molecule has 0 aliphatic carbocycles. The first-order valence-corrected chi connectivity index (χ1v) is 4.53. The fourth-order valence-electron chi connectivity index (χ4n) is 1.06.